The molecule has 0 aliphatic rings. The lowest BCUT2D eigenvalue weighted by Crippen LogP contribution is -2.15. The van der Waals surface area contributed by atoms with Crippen LogP contribution in [-0.4, -0.2) is 37.1 Å². The van der Waals surface area contributed by atoms with E-state index in [9.17, 15) is 19.5 Å². The number of benzene rings is 2. The first kappa shape index (κ1) is 18.3. The molecule has 0 aliphatic carbocycles. The number of fused-ring (bicyclic) bond motifs is 1. The van der Waals surface area contributed by atoms with Crippen LogP contribution in [0.4, 0.5) is 0 Å². The summed E-state index contributed by atoms with van der Waals surface area (Å²) in [6.45, 7) is 2.13. The van der Waals surface area contributed by atoms with Crippen molar-refractivity contribution in [3.63, 3.8) is 0 Å². The molecule has 0 saturated carbocycles. The smallest absolute Gasteiger partial charge is 0.336 e. The molecular weight excluding hydrogens is 372 g/mol. The van der Waals surface area contributed by atoms with E-state index in [1.165, 1.54) is 0 Å². The molecule has 4 rings (SSSR count). The zero-order valence-corrected chi connectivity index (χ0v) is 15.4. The minimum Gasteiger partial charge on any atom is -0.478 e. The highest BCUT2D eigenvalue weighted by molar-refractivity contribution is 5.96. The van der Waals surface area contributed by atoms with E-state index in [1.807, 2.05) is 24.3 Å². The molecule has 0 bridgehead atoms. The van der Waals surface area contributed by atoms with E-state index in [0.717, 1.165) is 11.1 Å². The molecular formula is C21H16N4O4. The summed E-state index contributed by atoms with van der Waals surface area (Å²) in [5, 5.41) is 15.4. The molecule has 0 amide bonds. The van der Waals surface area contributed by atoms with Gasteiger partial charge in [-0.2, -0.15) is 5.10 Å². The number of hydrogen-bond donors (Lipinski definition) is 2. The first-order chi connectivity index (χ1) is 14.0. The maximum Gasteiger partial charge on any atom is 0.336 e. The maximum absolute atomic E-state index is 12.3. The molecule has 0 aliphatic heterocycles. The second kappa shape index (κ2) is 7.16. The van der Waals surface area contributed by atoms with Crippen LogP contribution in [0.2, 0.25) is 0 Å². The van der Waals surface area contributed by atoms with Crippen LogP contribution >= 0.6 is 0 Å². The van der Waals surface area contributed by atoms with Crippen molar-refractivity contribution in [1.82, 2.24) is 19.7 Å². The summed E-state index contributed by atoms with van der Waals surface area (Å²) >= 11 is 0. The van der Waals surface area contributed by atoms with Crippen LogP contribution < -0.4 is 5.56 Å². The van der Waals surface area contributed by atoms with Crippen LogP contribution in [0, 0.1) is 6.92 Å². The van der Waals surface area contributed by atoms with Gasteiger partial charge in [-0.15, -0.1) is 0 Å². The Labute approximate surface area is 164 Å². The van der Waals surface area contributed by atoms with Gasteiger partial charge in [0.2, 0.25) is 0 Å². The number of carboxylic acids is 1. The third-order valence-electron chi connectivity index (χ3n) is 4.77. The van der Waals surface area contributed by atoms with Crippen molar-refractivity contribution in [2.24, 2.45) is 0 Å². The first-order valence-electron chi connectivity index (χ1n) is 8.82. The number of imidazole rings is 1. The average molecular weight is 388 g/mol. The lowest BCUT2D eigenvalue weighted by Gasteiger charge is -2.09. The highest BCUT2D eigenvalue weighted by atomic mass is 16.4. The molecule has 2 aromatic heterocycles. The van der Waals surface area contributed by atoms with Crippen molar-refractivity contribution in [3.05, 3.63) is 81.5 Å². The number of carbonyl (C=O) groups excluding carboxylic acids is 1. The fourth-order valence-electron chi connectivity index (χ4n) is 3.36. The monoisotopic (exact) mass is 388 g/mol. The number of carboxylic acid groups (broad SMARTS) is 1. The van der Waals surface area contributed by atoms with E-state index in [0.29, 0.717) is 29.7 Å². The zero-order valence-electron chi connectivity index (χ0n) is 15.4. The van der Waals surface area contributed by atoms with Gasteiger partial charge >= 0.3 is 5.97 Å². The Kier molecular flexibility index (Phi) is 4.52. The average Bonchev–Trinajstić information content (AvgIpc) is 3.06. The Bertz CT molecular complexity index is 1300. The van der Waals surface area contributed by atoms with Gasteiger partial charge in [-0.3, -0.25) is 9.59 Å². The second-order valence-corrected chi connectivity index (χ2v) is 6.55. The zero-order chi connectivity index (χ0) is 20.5. The van der Waals surface area contributed by atoms with Gasteiger partial charge in [0.25, 0.3) is 5.56 Å². The molecule has 0 saturated heterocycles. The molecule has 2 heterocycles. The molecule has 0 spiro atoms. The van der Waals surface area contributed by atoms with E-state index in [4.69, 9.17) is 0 Å². The van der Waals surface area contributed by atoms with Gasteiger partial charge in [-0.25, -0.2) is 14.9 Å². The summed E-state index contributed by atoms with van der Waals surface area (Å²) in [4.78, 5) is 39.2. The summed E-state index contributed by atoms with van der Waals surface area (Å²) < 4.78 is 1.73. The van der Waals surface area contributed by atoms with Crippen molar-refractivity contribution in [3.8, 4) is 11.1 Å². The van der Waals surface area contributed by atoms with Crippen LogP contribution in [0.25, 0.3) is 22.2 Å². The summed E-state index contributed by atoms with van der Waals surface area (Å²) in [5.74, 6) is -0.397. The number of hydrogen-bond acceptors (Lipinski definition) is 5. The standard InChI is InChI=1S/C21H16N4O4/c1-12-22-18-17(11-26)23-24-20(27)19(18)25(12)10-13-6-8-14(9-7-13)15-4-2-3-5-16(15)21(28)29/h2-9,11H,10H2,1H3,(H,24,27)(H,28,29). The first-order valence-corrected chi connectivity index (χ1v) is 8.82. The lowest BCUT2D eigenvalue weighted by atomic mass is 9.99. The highest BCUT2D eigenvalue weighted by Crippen LogP contribution is 2.25. The highest BCUT2D eigenvalue weighted by Gasteiger charge is 2.16. The molecule has 8 heteroatoms. The molecule has 144 valence electrons. The van der Waals surface area contributed by atoms with Crippen LogP contribution in [0.1, 0.15) is 32.2 Å². The van der Waals surface area contributed by atoms with Crippen molar-refractivity contribution in [2.75, 3.05) is 0 Å². The van der Waals surface area contributed by atoms with Crippen molar-refractivity contribution in [2.45, 2.75) is 13.5 Å². The van der Waals surface area contributed by atoms with Crippen molar-refractivity contribution in [1.29, 1.82) is 0 Å². The Balaban J connectivity index is 1.73. The predicted molar refractivity (Wildman–Crippen MR) is 106 cm³/mol. The summed E-state index contributed by atoms with van der Waals surface area (Å²) in [7, 11) is 0. The molecule has 0 unspecified atom stereocenters. The summed E-state index contributed by atoms with van der Waals surface area (Å²) in [6, 6.07) is 14.2. The van der Waals surface area contributed by atoms with E-state index in [1.54, 1.807) is 35.8 Å². The number of aryl methyl sites for hydroxylation is 1. The molecule has 0 radical (unpaired) electrons. The Hall–Kier alpha value is -4.07. The Morgan fingerprint density at radius 2 is 1.90 bits per heavy atom. The number of nitrogens with zero attached hydrogens (tertiary/aromatic N) is 3. The topological polar surface area (TPSA) is 118 Å². The Morgan fingerprint density at radius 3 is 2.59 bits per heavy atom. The minimum atomic E-state index is -0.982. The van der Waals surface area contributed by atoms with E-state index >= 15 is 0 Å². The SMILES string of the molecule is Cc1nc2c(C=O)n[nH]c(=O)c2n1Cc1ccc(-c2ccccc2C(=O)O)cc1. The number of aldehydes is 1. The number of aromatic amines is 1. The van der Waals surface area contributed by atoms with E-state index < -0.39 is 11.5 Å². The molecule has 0 atom stereocenters. The van der Waals surface area contributed by atoms with Crippen molar-refractivity contribution >= 4 is 23.3 Å². The molecule has 0 fully saturated rings. The number of H-pyrrole nitrogens is 1. The van der Waals surface area contributed by atoms with Gasteiger partial charge in [0, 0.05) is 6.54 Å². The Morgan fingerprint density at radius 1 is 1.17 bits per heavy atom. The predicted octanol–water partition coefficient (Wildman–Crippen LogP) is 2.65. The number of aromatic carboxylic acids is 1. The van der Waals surface area contributed by atoms with Gasteiger partial charge in [0.1, 0.15) is 16.9 Å². The van der Waals surface area contributed by atoms with Gasteiger partial charge in [0.05, 0.1) is 5.56 Å². The molecule has 29 heavy (non-hydrogen) atoms. The third-order valence-corrected chi connectivity index (χ3v) is 4.77. The summed E-state index contributed by atoms with van der Waals surface area (Å²) in [5.41, 5.74) is 2.77. The van der Waals surface area contributed by atoms with Crippen LogP contribution in [0.5, 0.6) is 0 Å². The number of nitrogens with one attached hydrogen (secondary N) is 1. The second-order valence-electron chi connectivity index (χ2n) is 6.55. The fourth-order valence-corrected chi connectivity index (χ4v) is 3.36. The van der Waals surface area contributed by atoms with Gasteiger partial charge in [-0.1, -0.05) is 42.5 Å². The van der Waals surface area contributed by atoms with E-state index in [-0.39, 0.29) is 16.8 Å². The molecule has 8 nitrogen and oxygen atoms in total. The number of carbonyl (C=O) groups is 2. The fraction of sp³-hybridized carbons (Fsp3) is 0.0952. The van der Waals surface area contributed by atoms with Gasteiger partial charge < -0.3 is 9.67 Å². The minimum absolute atomic E-state index is 0.0853. The maximum atomic E-state index is 12.3. The number of aromatic nitrogens is 4. The third kappa shape index (κ3) is 3.20. The molecule has 2 N–H and O–H groups in total. The van der Waals surface area contributed by atoms with Gasteiger partial charge in [-0.05, 0) is 29.7 Å². The van der Waals surface area contributed by atoms with Crippen LogP contribution in [-0.2, 0) is 6.54 Å². The number of rotatable bonds is 5. The quantitative estimate of drug-likeness (QED) is 0.508. The normalized spacial score (nSPS) is 10.9. The largest absolute Gasteiger partial charge is 0.478 e. The van der Waals surface area contributed by atoms with Gasteiger partial charge in [0.15, 0.2) is 12.0 Å². The molecule has 4 aromatic rings. The molecule has 2 aromatic carbocycles. The van der Waals surface area contributed by atoms with Crippen LogP contribution in [0.15, 0.2) is 53.3 Å². The van der Waals surface area contributed by atoms with Crippen molar-refractivity contribution < 1.29 is 14.7 Å². The summed E-state index contributed by atoms with van der Waals surface area (Å²) in [6.07, 6.45) is 0.559. The van der Waals surface area contributed by atoms with Crippen LogP contribution in [0.3, 0.4) is 0 Å². The lowest BCUT2D eigenvalue weighted by molar-refractivity contribution is 0.0697. The van der Waals surface area contributed by atoms with E-state index in [2.05, 4.69) is 15.2 Å².